The molecule has 162 valence electrons. The Kier molecular flexibility index (Phi) is 7.51. The SMILES string of the molecule is CCC(CS(=O)(=O)c1ccccc1)N=C(N)N1CCN(C(=O)OC(C)(C)C)CC1. The molecule has 8 nitrogen and oxygen atoms in total. The summed E-state index contributed by atoms with van der Waals surface area (Å²) in [6.07, 6.45) is 0.220. The number of hydrogen-bond acceptors (Lipinski definition) is 5. The lowest BCUT2D eigenvalue weighted by molar-refractivity contribution is 0.0186. The van der Waals surface area contributed by atoms with Crippen molar-refractivity contribution in [2.45, 2.75) is 50.7 Å². The van der Waals surface area contributed by atoms with Crippen LogP contribution in [0.15, 0.2) is 40.2 Å². The van der Waals surface area contributed by atoms with Gasteiger partial charge in [-0.25, -0.2) is 18.2 Å². The standard InChI is InChI=1S/C20H32N4O4S/c1-5-16(15-29(26,27)17-9-7-6-8-10-17)22-18(21)23-11-13-24(14-12-23)19(25)28-20(2,3)4/h6-10,16H,5,11-15H2,1-4H3,(H2,21,22). The second-order valence-corrected chi connectivity index (χ2v) is 10.1. The van der Waals surface area contributed by atoms with Crippen molar-refractivity contribution in [2.24, 2.45) is 10.7 Å². The van der Waals surface area contributed by atoms with Gasteiger partial charge in [-0.2, -0.15) is 0 Å². The highest BCUT2D eigenvalue weighted by Gasteiger charge is 2.27. The first kappa shape index (κ1) is 23.0. The van der Waals surface area contributed by atoms with Crippen LogP contribution in [0.5, 0.6) is 0 Å². The summed E-state index contributed by atoms with van der Waals surface area (Å²) >= 11 is 0. The fraction of sp³-hybridized carbons (Fsp3) is 0.600. The van der Waals surface area contributed by atoms with Gasteiger partial charge in [-0.3, -0.25) is 0 Å². The lowest BCUT2D eigenvalue weighted by Gasteiger charge is -2.36. The Morgan fingerprint density at radius 1 is 1.14 bits per heavy atom. The molecule has 1 heterocycles. The zero-order chi connectivity index (χ0) is 21.7. The summed E-state index contributed by atoms with van der Waals surface area (Å²) in [5, 5.41) is 0. The van der Waals surface area contributed by atoms with Crippen LogP contribution in [-0.4, -0.2) is 73.8 Å². The molecular weight excluding hydrogens is 392 g/mol. The van der Waals surface area contributed by atoms with Gasteiger partial charge in [-0.1, -0.05) is 25.1 Å². The van der Waals surface area contributed by atoms with Crippen molar-refractivity contribution in [3.05, 3.63) is 30.3 Å². The first-order valence-corrected chi connectivity index (χ1v) is 11.5. The average Bonchev–Trinajstić information content (AvgIpc) is 2.66. The van der Waals surface area contributed by atoms with Gasteiger partial charge in [-0.15, -0.1) is 0 Å². The van der Waals surface area contributed by atoms with Crippen LogP contribution in [0, 0.1) is 0 Å². The minimum absolute atomic E-state index is 0.0912. The zero-order valence-corrected chi connectivity index (χ0v) is 18.5. The number of carbonyl (C=O) groups is 1. The lowest BCUT2D eigenvalue weighted by atomic mass is 10.2. The van der Waals surface area contributed by atoms with Crippen LogP contribution in [0.1, 0.15) is 34.1 Å². The molecule has 1 aliphatic rings. The first-order chi connectivity index (χ1) is 13.5. The molecule has 1 amide bonds. The van der Waals surface area contributed by atoms with E-state index in [0.717, 1.165) is 0 Å². The van der Waals surface area contributed by atoms with Gasteiger partial charge in [0.15, 0.2) is 15.8 Å². The summed E-state index contributed by atoms with van der Waals surface area (Å²) < 4.78 is 30.6. The summed E-state index contributed by atoms with van der Waals surface area (Å²) in [5.41, 5.74) is 5.62. The highest BCUT2D eigenvalue weighted by Crippen LogP contribution is 2.15. The molecule has 1 aliphatic heterocycles. The number of aliphatic imine (C=N–C) groups is 1. The van der Waals surface area contributed by atoms with Crippen molar-refractivity contribution < 1.29 is 17.9 Å². The van der Waals surface area contributed by atoms with E-state index in [4.69, 9.17) is 10.5 Å². The average molecular weight is 425 g/mol. The van der Waals surface area contributed by atoms with Crippen LogP contribution >= 0.6 is 0 Å². The highest BCUT2D eigenvalue weighted by molar-refractivity contribution is 7.91. The fourth-order valence-corrected chi connectivity index (χ4v) is 4.52. The normalized spacial score (nSPS) is 17.2. The molecule has 1 unspecified atom stereocenters. The van der Waals surface area contributed by atoms with Gasteiger partial charge >= 0.3 is 6.09 Å². The van der Waals surface area contributed by atoms with E-state index in [-0.39, 0.29) is 16.7 Å². The third kappa shape index (κ3) is 6.92. The molecule has 0 radical (unpaired) electrons. The predicted octanol–water partition coefficient (Wildman–Crippen LogP) is 2.11. The third-order valence-electron chi connectivity index (χ3n) is 4.56. The maximum atomic E-state index is 12.6. The molecule has 0 spiro atoms. The Bertz CT molecular complexity index is 811. The van der Waals surface area contributed by atoms with E-state index in [2.05, 4.69) is 4.99 Å². The summed E-state index contributed by atoms with van der Waals surface area (Å²) in [6, 6.07) is 7.94. The number of benzene rings is 1. The van der Waals surface area contributed by atoms with Crippen molar-refractivity contribution in [1.82, 2.24) is 9.80 Å². The Morgan fingerprint density at radius 2 is 1.69 bits per heavy atom. The second-order valence-electron chi connectivity index (χ2n) is 8.10. The zero-order valence-electron chi connectivity index (χ0n) is 17.7. The number of nitrogens with two attached hydrogens (primary N) is 1. The van der Waals surface area contributed by atoms with E-state index < -0.39 is 21.5 Å². The molecule has 0 bridgehead atoms. The van der Waals surface area contributed by atoms with Gasteiger partial charge in [0.2, 0.25) is 0 Å². The van der Waals surface area contributed by atoms with Gasteiger partial charge in [0.25, 0.3) is 0 Å². The largest absolute Gasteiger partial charge is 0.444 e. The molecule has 0 aliphatic carbocycles. The number of piperazine rings is 1. The van der Waals surface area contributed by atoms with Crippen molar-refractivity contribution in [1.29, 1.82) is 0 Å². The maximum absolute atomic E-state index is 12.6. The number of rotatable bonds is 5. The van der Waals surface area contributed by atoms with Gasteiger partial charge in [0.05, 0.1) is 16.7 Å². The van der Waals surface area contributed by atoms with Gasteiger partial charge in [-0.05, 0) is 39.3 Å². The molecule has 2 rings (SSSR count). The smallest absolute Gasteiger partial charge is 0.410 e. The summed E-state index contributed by atoms with van der Waals surface area (Å²) in [5.74, 6) is 0.218. The van der Waals surface area contributed by atoms with Crippen molar-refractivity contribution in [3.8, 4) is 0 Å². The van der Waals surface area contributed by atoms with Gasteiger partial charge in [0.1, 0.15) is 5.60 Å². The number of ether oxygens (including phenoxy) is 1. The number of guanidine groups is 1. The molecule has 0 saturated carbocycles. The topological polar surface area (TPSA) is 105 Å². The second kappa shape index (κ2) is 9.47. The summed E-state index contributed by atoms with van der Waals surface area (Å²) in [6.45, 7) is 9.39. The number of hydrogen-bond donors (Lipinski definition) is 1. The van der Waals surface area contributed by atoms with Crippen molar-refractivity contribution in [2.75, 3.05) is 31.9 Å². The molecular formula is C20H32N4O4S. The molecule has 1 atom stereocenters. The van der Waals surface area contributed by atoms with E-state index in [0.29, 0.717) is 38.6 Å². The Labute approximate surface area is 173 Å². The number of sulfone groups is 1. The van der Waals surface area contributed by atoms with Crippen LogP contribution in [0.2, 0.25) is 0 Å². The van der Waals surface area contributed by atoms with Gasteiger partial charge in [0, 0.05) is 26.2 Å². The number of carbonyl (C=O) groups excluding carboxylic acids is 1. The van der Waals surface area contributed by atoms with Crippen molar-refractivity contribution in [3.63, 3.8) is 0 Å². The van der Waals surface area contributed by atoms with E-state index in [1.54, 1.807) is 35.2 Å². The first-order valence-electron chi connectivity index (χ1n) is 9.86. The molecule has 0 aromatic heterocycles. The van der Waals surface area contributed by atoms with E-state index in [1.165, 1.54) is 0 Å². The quantitative estimate of drug-likeness (QED) is 0.573. The van der Waals surface area contributed by atoms with Crippen LogP contribution in [0.25, 0.3) is 0 Å². The van der Waals surface area contributed by atoms with Crippen molar-refractivity contribution >= 4 is 21.9 Å². The molecule has 1 fully saturated rings. The molecule has 2 N–H and O–H groups in total. The van der Waals surface area contributed by atoms with Gasteiger partial charge < -0.3 is 20.3 Å². The van der Waals surface area contributed by atoms with Crippen LogP contribution in [0.3, 0.4) is 0 Å². The van der Waals surface area contributed by atoms with E-state index in [1.807, 2.05) is 32.6 Å². The number of amides is 1. The minimum Gasteiger partial charge on any atom is -0.444 e. The maximum Gasteiger partial charge on any atom is 0.410 e. The van der Waals surface area contributed by atoms with Crippen LogP contribution in [-0.2, 0) is 14.6 Å². The van der Waals surface area contributed by atoms with E-state index in [9.17, 15) is 13.2 Å². The Balaban J connectivity index is 1.97. The lowest BCUT2D eigenvalue weighted by Crippen LogP contribution is -2.53. The molecule has 9 heteroatoms. The number of nitrogens with zero attached hydrogens (tertiary/aromatic N) is 3. The van der Waals surface area contributed by atoms with E-state index >= 15 is 0 Å². The van der Waals surface area contributed by atoms with Crippen LogP contribution < -0.4 is 5.73 Å². The highest BCUT2D eigenvalue weighted by atomic mass is 32.2. The molecule has 29 heavy (non-hydrogen) atoms. The summed E-state index contributed by atoms with van der Waals surface area (Å²) in [7, 11) is -3.44. The third-order valence-corrected chi connectivity index (χ3v) is 6.37. The molecule has 1 aromatic rings. The fourth-order valence-electron chi connectivity index (χ4n) is 2.94. The Hall–Kier alpha value is -2.29. The Morgan fingerprint density at radius 3 is 2.21 bits per heavy atom. The minimum atomic E-state index is -3.44. The monoisotopic (exact) mass is 424 g/mol. The predicted molar refractivity (Wildman–Crippen MR) is 114 cm³/mol. The summed E-state index contributed by atoms with van der Waals surface area (Å²) in [4.78, 5) is 20.4. The molecule has 1 aromatic carbocycles. The molecule has 1 saturated heterocycles. The van der Waals surface area contributed by atoms with Crippen LogP contribution in [0.4, 0.5) is 4.79 Å².